The van der Waals surface area contributed by atoms with E-state index < -0.39 is 0 Å². The lowest BCUT2D eigenvalue weighted by Gasteiger charge is -2.31. The Morgan fingerprint density at radius 1 is 1.08 bits per heavy atom. The van der Waals surface area contributed by atoms with Crippen molar-refractivity contribution in [3.63, 3.8) is 0 Å². The number of aromatic nitrogens is 4. The predicted octanol–water partition coefficient (Wildman–Crippen LogP) is 4.48. The molecule has 122 valence electrons. The predicted molar refractivity (Wildman–Crippen MR) is 95.2 cm³/mol. The van der Waals surface area contributed by atoms with Gasteiger partial charge in [0.1, 0.15) is 5.82 Å². The van der Waals surface area contributed by atoms with Gasteiger partial charge in [0, 0.05) is 14.5 Å². The molecule has 1 aliphatic heterocycles. The molecule has 24 heavy (non-hydrogen) atoms. The van der Waals surface area contributed by atoms with Crippen LogP contribution in [0.3, 0.4) is 0 Å². The van der Waals surface area contributed by atoms with Gasteiger partial charge in [0.15, 0.2) is 0 Å². The van der Waals surface area contributed by atoms with Crippen molar-refractivity contribution in [2.75, 3.05) is 5.32 Å². The van der Waals surface area contributed by atoms with Crippen molar-refractivity contribution >= 4 is 37.8 Å². The first-order chi connectivity index (χ1) is 11.6. The molecule has 1 aliphatic rings. The average Bonchev–Trinajstić information content (AvgIpc) is 3.05. The molecule has 0 saturated heterocycles. The van der Waals surface area contributed by atoms with E-state index in [4.69, 9.17) is 0 Å². The molecule has 0 unspecified atom stereocenters. The van der Waals surface area contributed by atoms with Gasteiger partial charge < -0.3 is 5.32 Å². The van der Waals surface area contributed by atoms with E-state index in [0.29, 0.717) is 17.9 Å². The van der Waals surface area contributed by atoms with E-state index in [2.05, 4.69) is 52.7 Å². The molecule has 0 fully saturated rings. The Bertz CT molecular complexity index is 880. The molecule has 1 N–H and O–H groups in total. The van der Waals surface area contributed by atoms with Crippen LogP contribution < -0.4 is 5.32 Å². The highest BCUT2D eigenvalue weighted by molar-refractivity contribution is 9.10. The number of tetrazole rings is 1. The highest BCUT2D eigenvalue weighted by atomic mass is 79.9. The summed E-state index contributed by atoms with van der Waals surface area (Å²) in [7, 11) is 0. The zero-order valence-corrected chi connectivity index (χ0v) is 15.5. The molecule has 8 heteroatoms. The van der Waals surface area contributed by atoms with Crippen molar-refractivity contribution in [2.24, 2.45) is 0 Å². The van der Waals surface area contributed by atoms with E-state index in [-0.39, 0.29) is 17.9 Å². The van der Waals surface area contributed by atoms with Crippen LogP contribution in [0.1, 0.15) is 29.6 Å². The Morgan fingerprint density at radius 3 is 2.62 bits per heavy atom. The lowest BCUT2D eigenvalue weighted by atomic mass is 9.93. The number of nitrogens with one attached hydrogen (secondary N) is 1. The molecule has 3 aromatic rings. The van der Waals surface area contributed by atoms with Gasteiger partial charge in [-0.1, -0.05) is 49.1 Å². The van der Waals surface area contributed by atoms with E-state index in [1.54, 1.807) is 16.8 Å². The molecule has 0 aliphatic carbocycles. The minimum atomic E-state index is -0.276. The lowest BCUT2D eigenvalue weighted by Crippen LogP contribution is -2.28. The molecular formula is C16H12Br2FN5. The first-order valence-corrected chi connectivity index (χ1v) is 8.95. The van der Waals surface area contributed by atoms with Crippen LogP contribution in [0, 0.1) is 5.82 Å². The minimum absolute atomic E-state index is 0.0000170. The van der Waals surface area contributed by atoms with E-state index in [9.17, 15) is 4.39 Å². The van der Waals surface area contributed by atoms with Crippen molar-refractivity contribution in [1.82, 2.24) is 20.2 Å². The molecule has 1 aromatic heterocycles. The maximum absolute atomic E-state index is 14.4. The lowest BCUT2D eigenvalue weighted by molar-refractivity contribution is 0.409. The van der Waals surface area contributed by atoms with Crippen LogP contribution in [0.15, 0.2) is 51.4 Å². The number of anilines is 1. The Hall–Kier alpha value is -1.80. The number of benzene rings is 2. The van der Waals surface area contributed by atoms with Gasteiger partial charge in [-0.15, -0.1) is 0 Å². The van der Waals surface area contributed by atoms with E-state index >= 15 is 0 Å². The summed E-state index contributed by atoms with van der Waals surface area (Å²) in [4.78, 5) is 0. The second kappa shape index (κ2) is 6.25. The summed E-state index contributed by atoms with van der Waals surface area (Å²) in [6, 6.07) is 12.7. The summed E-state index contributed by atoms with van der Waals surface area (Å²) in [6.07, 6.45) is 0.646. The van der Waals surface area contributed by atoms with Crippen molar-refractivity contribution in [3.8, 4) is 0 Å². The van der Waals surface area contributed by atoms with Gasteiger partial charge in [-0.25, -0.2) is 9.07 Å². The van der Waals surface area contributed by atoms with Gasteiger partial charge in [0.25, 0.3) is 0 Å². The second-order valence-electron chi connectivity index (χ2n) is 5.61. The van der Waals surface area contributed by atoms with Crippen LogP contribution in [0.4, 0.5) is 10.3 Å². The Morgan fingerprint density at radius 2 is 1.83 bits per heavy atom. The zero-order valence-electron chi connectivity index (χ0n) is 12.3. The van der Waals surface area contributed by atoms with Crippen LogP contribution in [0.25, 0.3) is 0 Å². The quantitative estimate of drug-likeness (QED) is 0.622. The number of nitrogens with zero attached hydrogens (tertiary/aromatic N) is 4. The van der Waals surface area contributed by atoms with E-state index in [0.717, 1.165) is 14.5 Å². The Kier molecular flexibility index (Phi) is 4.09. The van der Waals surface area contributed by atoms with Crippen molar-refractivity contribution < 1.29 is 4.39 Å². The molecule has 4 rings (SSSR count). The molecule has 2 aromatic carbocycles. The van der Waals surface area contributed by atoms with Crippen LogP contribution in [-0.4, -0.2) is 20.2 Å². The summed E-state index contributed by atoms with van der Waals surface area (Å²) < 4.78 is 17.9. The molecule has 5 nitrogen and oxygen atoms in total. The van der Waals surface area contributed by atoms with Crippen molar-refractivity contribution in [1.29, 1.82) is 0 Å². The fourth-order valence-corrected chi connectivity index (χ4v) is 3.62. The smallest absolute Gasteiger partial charge is 0.243 e. The largest absolute Gasteiger partial charge is 0.346 e. The second-order valence-corrected chi connectivity index (χ2v) is 7.44. The van der Waals surface area contributed by atoms with Gasteiger partial charge in [0.2, 0.25) is 5.95 Å². The average molecular weight is 453 g/mol. The van der Waals surface area contributed by atoms with Crippen LogP contribution in [-0.2, 0) is 0 Å². The molecule has 0 amide bonds. The van der Waals surface area contributed by atoms with Gasteiger partial charge in [-0.05, 0) is 52.7 Å². The third-order valence-corrected chi connectivity index (χ3v) is 5.16. The van der Waals surface area contributed by atoms with E-state index in [1.807, 2.05) is 24.3 Å². The fourth-order valence-electron chi connectivity index (χ4n) is 2.98. The summed E-state index contributed by atoms with van der Waals surface area (Å²) in [5.41, 5.74) is 1.68. The molecule has 0 spiro atoms. The summed E-state index contributed by atoms with van der Waals surface area (Å²) in [6.45, 7) is 0. The normalized spacial score (nSPS) is 19.6. The number of halogens is 3. The van der Waals surface area contributed by atoms with Crippen molar-refractivity contribution in [2.45, 2.75) is 18.5 Å². The summed E-state index contributed by atoms with van der Waals surface area (Å²) in [5, 5.41) is 15.1. The first-order valence-electron chi connectivity index (χ1n) is 7.36. The Balaban J connectivity index is 1.76. The fraction of sp³-hybridized carbons (Fsp3) is 0.188. The van der Waals surface area contributed by atoms with Gasteiger partial charge in [-0.2, -0.15) is 0 Å². The molecule has 2 atom stereocenters. The summed E-state index contributed by atoms with van der Waals surface area (Å²) in [5.74, 6) is 0.277. The number of hydrogen-bond acceptors (Lipinski definition) is 4. The van der Waals surface area contributed by atoms with Gasteiger partial charge in [-0.3, -0.25) is 0 Å². The molecule has 2 heterocycles. The molecule has 0 bridgehead atoms. The topological polar surface area (TPSA) is 55.6 Å². The van der Waals surface area contributed by atoms with Gasteiger partial charge >= 0.3 is 0 Å². The third-order valence-electron chi connectivity index (χ3n) is 4.14. The zero-order chi connectivity index (χ0) is 16.7. The number of hydrogen-bond donors (Lipinski definition) is 1. The van der Waals surface area contributed by atoms with Crippen molar-refractivity contribution in [3.05, 3.63) is 68.4 Å². The van der Waals surface area contributed by atoms with Crippen LogP contribution in [0.2, 0.25) is 0 Å². The number of fused-ring (bicyclic) bond motifs is 1. The monoisotopic (exact) mass is 451 g/mol. The number of rotatable bonds is 2. The third kappa shape index (κ3) is 2.84. The maximum atomic E-state index is 14.4. The van der Waals surface area contributed by atoms with Gasteiger partial charge in [0.05, 0.1) is 12.1 Å². The standard InChI is InChI=1S/C16H12Br2FN5/c17-10-3-1-9(2-4-10)14-8-15(24-16(20-14)21-22-23-24)12-7-11(18)5-6-13(12)19/h1-7,14-15H,8H2,(H,20,21,23)/t14-,15-/m1/s1. The first kappa shape index (κ1) is 15.7. The summed E-state index contributed by atoms with van der Waals surface area (Å²) >= 11 is 6.86. The highest BCUT2D eigenvalue weighted by Crippen LogP contribution is 2.38. The highest BCUT2D eigenvalue weighted by Gasteiger charge is 2.32. The van der Waals surface area contributed by atoms with Crippen LogP contribution >= 0.6 is 31.9 Å². The minimum Gasteiger partial charge on any atom is -0.346 e. The SMILES string of the molecule is Fc1ccc(Br)cc1[C@H]1C[C@H](c2ccc(Br)cc2)Nc2nnnn21. The van der Waals surface area contributed by atoms with E-state index in [1.165, 1.54) is 6.07 Å². The molecule has 0 radical (unpaired) electrons. The molecular weight excluding hydrogens is 441 g/mol. The van der Waals surface area contributed by atoms with Crippen LogP contribution in [0.5, 0.6) is 0 Å². The molecule has 0 saturated carbocycles. The maximum Gasteiger partial charge on any atom is 0.243 e. The Labute approximate surface area is 154 Å².